The van der Waals surface area contributed by atoms with Crippen LogP contribution in [0.25, 0.3) is 0 Å². The van der Waals surface area contributed by atoms with Crippen LogP contribution in [0.4, 0.5) is 5.69 Å². The number of amides is 1. The van der Waals surface area contributed by atoms with Gasteiger partial charge >= 0.3 is 5.97 Å². The molecular formula is C24H26N2O5S. The summed E-state index contributed by atoms with van der Waals surface area (Å²) in [6.45, 7) is 7.62. The zero-order chi connectivity index (χ0) is 23.1. The molecule has 0 spiro atoms. The van der Waals surface area contributed by atoms with E-state index in [2.05, 4.69) is 10.5 Å². The number of benzene rings is 2. The molecule has 0 saturated heterocycles. The highest BCUT2D eigenvalue weighted by molar-refractivity contribution is 7.98. The SMILES string of the molecule is CCOc1ccccc1NC(=O)C(C)OC(=O)c1ccccc1SCc1c(C)noc1C. The third-order valence-electron chi connectivity index (χ3n) is 4.76. The Hall–Kier alpha value is -3.26. The molecule has 32 heavy (non-hydrogen) atoms. The highest BCUT2D eigenvalue weighted by Gasteiger charge is 2.22. The first-order valence-electron chi connectivity index (χ1n) is 10.3. The highest BCUT2D eigenvalue weighted by Crippen LogP contribution is 2.29. The van der Waals surface area contributed by atoms with E-state index in [-0.39, 0.29) is 0 Å². The third-order valence-corrected chi connectivity index (χ3v) is 5.86. The Bertz CT molecular complexity index is 1080. The van der Waals surface area contributed by atoms with Gasteiger partial charge < -0.3 is 19.3 Å². The number of anilines is 1. The average Bonchev–Trinajstić information content (AvgIpc) is 3.11. The first-order valence-corrected chi connectivity index (χ1v) is 11.3. The van der Waals surface area contributed by atoms with E-state index in [1.165, 1.54) is 18.7 Å². The van der Waals surface area contributed by atoms with Gasteiger partial charge in [0, 0.05) is 16.2 Å². The van der Waals surface area contributed by atoms with Crippen LogP contribution in [0.5, 0.6) is 5.75 Å². The molecule has 0 radical (unpaired) electrons. The molecule has 7 nitrogen and oxygen atoms in total. The van der Waals surface area contributed by atoms with Crippen LogP contribution >= 0.6 is 11.8 Å². The van der Waals surface area contributed by atoms with Crippen molar-refractivity contribution in [1.29, 1.82) is 0 Å². The number of carbonyl (C=O) groups excluding carboxylic acids is 2. The summed E-state index contributed by atoms with van der Waals surface area (Å²) in [4.78, 5) is 26.2. The Morgan fingerprint density at radius 2 is 1.84 bits per heavy atom. The zero-order valence-electron chi connectivity index (χ0n) is 18.5. The number of carbonyl (C=O) groups is 2. The Morgan fingerprint density at radius 3 is 2.56 bits per heavy atom. The summed E-state index contributed by atoms with van der Waals surface area (Å²) >= 11 is 1.49. The lowest BCUT2D eigenvalue weighted by Crippen LogP contribution is -2.30. The van der Waals surface area contributed by atoms with Crippen LogP contribution in [0, 0.1) is 13.8 Å². The van der Waals surface area contributed by atoms with Gasteiger partial charge in [-0.2, -0.15) is 0 Å². The van der Waals surface area contributed by atoms with E-state index >= 15 is 0 Å². The van der Waals surface area contributed by atoms with E-state index in [1.54, 1.807) is 30.3 Å². The molecule has 1 aromatic heterocycles. The van der Waals surface area contributed by atoms with E-state index in [4.69, 9.17) is 14.0 Å². The maximum Gasteiger partial charge on any atom is 0.340 e. The van der Waals surface area contributed by atoms with Crippen LogP contribution in [0.1, 0.15) is 41.2 Å². The van der Waals surface area contributed by atoms with E-state index < -0.39 is 18.0 Å². The lowest BCUT2D eigenvalue weighted by atomic mass is 10.2. The number of aryl methyl sites for hydroxylation is 2. The van der Waals surface area contributed by atoms with Crippen LogP contribution in [-0.4, -0.2) is 29.7 Å². The van der Waals surface area contributed by atoms with Crippen molar-refractivity contribution in [3.8, 4) is 5.75 Å². The molecule has 0 bridgehead atoms. The number of hydrogen-bond donors (Lipinski definition) is 1. The molecule has 168 valence electrons. The monoisotopic (exact) mass is 454 g/mol. The van der Waals surface area contributed by atoms with Crippen molar-refractivity contribution in [2.24, 2.45) is 0 Å². The minimum atomic E-state index is -0.988. The van der Waals surface area contributed by atoms with E-state index in [1.807, 2.05) is 39.0 Å². The number of nitrogens with zero attached hydrogens (tertiary/aromatic N) is 1. The molecule has 0 aliphatic heterocycles. The standard InChI is InChI=1S/C24H26N2O5S/c1-5-29-21-12-8-7-11-20(21)25-23(27)17(4)30-24(28)18-10-6-9-13-22(18)32-14-19-15(2)26-31-16(19)3/h6-13,17H,5,14H2,1-4H3,(H,25,27). The second-order valence-corrected chi connectivity index (χ2v) is 8.07. The summed E-state index contributed by atoms with van der Waals surface area (Å²) in [5.41, 5.74) is 2.75. The molecule has 1 amide bonds. The van der Waals surface area contributed by atoms with Crippen molar-refractivity contribution in [1.82, 2.24) is 5.16 Å². The Balaban J connectivity index is 1.66. The summed E-state index contributed by atoms with van der Waals surface area (Å²) in [7, 11) is 0. The normalized spacial score (nSPS) is 11.6. The Labute approximate surface area is 191 Å². The van der Waals surface area contributed by atoms with Gasteiger partial charge in [-0.05, 0) is 52.0 Å². The van der Waals surface area contributed by atoms with Gasteiger partial charge in [0.05, 0.1) is 23.6 Å². The van der Waals surface area contributed by atoms with E-state index in [0.717, 1.165) is 21.9 Å². The maximum atomic E-state index is 12.8. The fourth-order valence-corrected chi connectivity index (χ4v) is 4.18. The summed E-state index contributed by atoms with van der Waals surface area (Å²) in [5.74, 6) is 0.921. The van der Waals surface area contributed by atoms with Crippen molar-refractivity contribution in [2.45, 2.75) is 44.4 Å². The lowest BCUT2D eigenvalue weighted by Gasteiger charge is -2.16. The molecule has 8 heteroatoms. The zero-order valence-corrected chi connectivity index (χ0v) is 19.3. The van der Waals surface area contributed by atoms with Crippen LogP contribution in [0.2, 0.25) is 0 Å². The summed E-state index contributed by atoms with van der Waals surface area (Å²) < 4.78 is 16.2. The summed E-state index contributed by atoms with van der Waals surface area (Å²) in [6, 6.07) is 14.3. The number of para-hydroxylation sites is 2. The van der Waals surface area contributed by atoms with Crippen molar-refractivity contribution >= 4 is 29.3 Å². The van der Waals surface area contributed by atoms with Gasteiger partial charge in [0.25, 0.3) is 5.91 Å². The average molecular weight is 455 g/mol. The fraction of sp³-hybridized carbons (Fsp3) is 0.292. The predicted octanol–water partition coefficient (Wildman–Crippen LogP) is 5.17. The molecule has 0 aliphatic rings. The number of aromatic nitrogens is 1. The van der Waals surface area contributed by atoms with Gasteiger partial charge in [0.2, 0.25) is 0 Å². The van der Waals surface area contributed by atoms with Crippen LogP contribution in [0.15, 0.2) is 57.9 Å². The van der Waals surface area contributed by atoms with Crippen LogP contribution < -0.4 is 10.1 Å². The maximum absolute atomic E-state index is 12.8. The van der Waals surface area contributed by atoms with Gasteiger partial charge in [-0.25, -0.2) is 4.79 Å². The minimum Gasteiger partial charge on any atom is -0.492 e. The van der Waals surface area contributed by atoms with Gasteiger partial charge in [-0.1, -0.05) is 29.4 Å². The summed E-state index contributed by atoms with van der Waals surface area (Å²) in [6.07, 6.45) is -0.988. The number of thioether (sulfide) groups is 1. The van der Waals surface area contributed by atoms with Gasteiger partial charge in [0.15, 0.2) is 6.10 Å². The molecule has 3 rings (SSSR count). The summed E-state index contributed by atoms with van der Waals surface area (Å²) in [5, 5.41) is 6.72. The van der Waals surface area contributed by atoms with Crippen LogP contribution in [-0.2, 0) is 15.3 Å². The molecule has 0 aliphatic carbocycles. The number of nitrogens with one attached hydrogen (secondary N) is 1. The van der Waals surface area contributed by atoms with Crippen molar-refractivity contribution in [2.75, 3.05) is 11.9 Å². The predicted molar refractivity (Wildman–Crippen MR) is 123 cm³/mol. The van der Waals surface area contributed by atoms with Crippen LogP contribution in [0.3, 0.4) is 0 Å². The quantitative estimate of drug-likeness (QED) is 0.352. The molecule has 1 unspecified atom stereocenters. The Morgan fingerprint density at radius 1 is 1.12 bits per heavy atom. The first-order chi connectivity index (χ1) is 15.4. The second-order valence-electron chi connectivity index (χ2n) is 7.05. The molecule has 2 aromatic carbocycles. The van der Waals surface area contributed by atoms with Gasteiger partial charge in [-0.3, -0.25) is 4.79 Å². The highest BCUT2D eigenvalue weighted by atomic mass is 32.2. The molecule has 0 fully saturated rings. The molecule has 1 atom stereocenters. The molecular weight excluding hydrogens is 428 g/mol. The lowest BCUT2D eigenvalue weighted by molar-refractivity contribution is -0.123. The van der Waals surface area contributed by atoms with Crippen molar-refractivity contribution in [3.05, 3.63) is 71.1 Å². The molecule has 1 N–H and O–H groups in total. The molecule has 0 saturated carbocycles. The molecule has 3 aromatic rings. The second kappa shape index (κ2) is 10.9. The fourth-order valence-electron chi connectivity index (χ4n) is 2.98. The third kappa shape index (κ3) is 5.70. The number of ether oxygens (including phenoxy) is 2. The van der Waals surface area contributed by atoms with E-state index in [0.29, 0.717) is 29.4 Å². The van der Waals surface area contributed by atoms with Crippen molar-refractivity contribution < 1.29 is 23.6 Å². The smallest absolute Gasteiger partial charge is 0.340 e. The number of esters is 1. The topological polar surface area (TPSA) is 90.7 Å². The minimum absolute atomic E-state index is 0.402. The first kappa shape index (κ1) is 23.4. The number of hydrogen-bond acceptors (Lipinski definition) is 7. The Kier molecular flexibility index (Phi) is 7.94. The number of rotatable bonds is 9. The van der Waals surface area contributed by atoms with E-state index in [9.17, 15) is 9.59 Å². The van der Waals surface area contributed by atoms with Gasteiger partial charge in [0.1, 0.15) is 11.5 Å². The molecule has 1 heterocycles. The van der Waals surface area contributed by atoms with Gasteiger partial charge in [-0.15, -0.1) is 11.8 Å². The largest absolute Gasteiger partial charge is 0.492 e. The van der Waals surface area contributed by atoms with Crippen molar-refractivity contribution in [3.63, 3.8) is 0 Å².